The number of allylic oxidation sites excluding steroid dienone is 1. The first-order valence-electron chi connectivity index (χ1n) is 6.08. The van der Waals surface area contributed by atoms with Gasteiger partial charge < -0.3 is 0 Å². The molecule has 0 saturated heterocycles. The van der Waals surface area contributed by atoms with Crippen LogP contribution in [0.1, 0.15) is 44.2 Å². The third kappa shape index (κ3) is 5.39. The van der Waals surface area contributed by atoms with Gasteiger partial charge in [0.15, 0.2) is 0 Å². The molecule has 102 valence electrons. The van der Waals surface area contributed by atoms with Crippen molar-refractivity contribution >= 4 is 0 Å². The summed E-state index contributed by atoms with van der Waals surface area (Å²) < 4.78 is 38.5. The minimum atomic E-state index is -4.21. The van der Waals surface area contributed by atoms with E-state index in [1.54, 1.807) is 19.1 Å². The van der Waals surface area contributed by atoms with Crippen LogP contribution in [0.3, 0.4) is 0 Å². The van der Waals surface area contributed by atoms with Crippen LogP contribution in [0.5, 0.6) is 0 Å². The molecule has 0 aliphatic heterocycles. The summed E-state index contributed by atoms with van der Waals surface area (Å²) in [6.45, 7) is 11.0. The van der Waals surface area contributed by atoms with Gasteiger partial charge in [-0.15, -0.1) is 6.58 Å². The highest BCUT2D eigenvalue weighted by Gasteiger charge is 2.40. The van der Waals surface area contributed by atoms with Gasteiger partial charge in [0, 0.05) is 0 Å². The van der Waals surface area contributed by atoms with Crippen molar-refractivity contribution in [2.75, 3.05) is 0 Å². The predicted octanol–water partition coefficient (Wildman–Crippen LogP) is 5.63. The number of alkyl halides is 3. The minimum absolute atomic E-state index is 0.0490. The summed E-state index contributed by atoms with van der Waals surface area (Å²) in [6, 6.07) is 6.48. The van der Waals surface area contributed by atoms with Gasteiger partial charge in [-0.25, -0.2) is 0 Å². The van der Waals surface area contributed by atoms with Crippen molar-refractivity contribution in [3.05, 3.63) is 47.5 Å². The maximum Gasteiger partial charge on any atom is 0.396 e. The van der Waals surface area contributed by atoms with Crippen LogP contribution in [0.15, 0.2) is 36.4 Å². The van der Waals surface area contributed by atoms with Gasteiger partial charge in [-0.05, 0) is 25.8 Å². The Balaban J connectivity index is 0.00000137. The largest absolute Gasteiger partial charge is 0.396 e. The number of halogens is 3. The highest BCUT2D eigenvalue weighted by Crippen LogP contribution is 2.38. The first kappa shape index (κ1) is 16.8. The molecule has 1 unspecified atom stereocenters. The van der Waals surface area contributed by atoms with Gasteiger partial charge in [-0.1, -0.05) is 49.2 Å². The molecule has 0 radical (unpaired) electrons. The summed E-state index contributed by atoms with van der Waals surface area (Å²) in [4.78, 5) is 0. The molecule has 0 fully saturated rings. The van der Waals surface area contributed by atoms with E-state index in [0.717, 1.165) is 5.56 Å². The monoisotopic (exact) mass is 258 g/mol. The van der Waals surface area contributed by atoms with Crippen LogP contribution < -0.4 is 0 Å². The summed E-state index contributed by atoms with van der Waals surface area (Å²) in [6.07, 6.45) is -4.26. The van der Waals surface area contributed by atoms with Crippen LogP contribution in [0.4, 0.5) is 13.2 Å². The molecule has 1 atom stereocenters. The topological polar surface area (TPSA) is 0 Å². The van der Waals surface area contributed by atoms with Crippen molar-refractivity contribution in [3.63, 3.8) is 0 Å². The molecule has 0 aliphatic rings. The Hall–Kier alpha value is -1.25. The van der Waals surface area contributed by atoms with E-state index in [9.17, 15) is 13.2 Å². The van der Waals surface area contributed by atoms with E-state index in [0.29, 0.717) is 11.1 Å². The molecule has 1 rings (SSSR count). The molecule has 1 aromatic rings. The number of hydrogen-bond donors (Lipinski definition) is 0. The molecular formula is C15H21F3. The number of benzene rings is 1. The summed E-state index contributed by atoms with van der Waals surface area (Å²) in [7, 11) is 0. The highest BCUT2D eigenvalue weighted by molar-refractivity contribution is 5.26. The lowest BCUT2D eigenvalue weighted by Gasteiger charge is -2.20. The van der Waals surface area contributed by atoms with Gasteiger partial charge >= 0.3 is 6.18 Å². The molecule has 18 heavy (non-hydrogen) atoms. The van der Waals surface area contributed by atoms with Crippen LogP contribution >= 0.6 is 0 Å². The Morgan fingerprint density at radius 1 is 1.17 bits per heavy atom. The Labute approximate surface area is 108 Å². The van der Waals surface area contributed by atoms with Gasteiger partial charge in [0.2, 0.25) is 0 Å². The first-order chi connectivity index (χ1) is 8.30. The zero-order valence-electron chi connectivity index (χ0n) is 11.4. The lowest BCUT2D eigenvalue weighted by atomic mass is 9.92. The number of aryl methyl sites for hydroxylation is 1. The fourth-order valence-corrected chi connectivity index (χ4v) is 1.57. The Morgan fingerprint density at radius 3 is 1.94 bits per heavy atom. The van der Waals surface area contributed by atoms with Crippen molar-refractivity contribution in [3.8, 4) is 0 Å². The summed E-state index contributed by atoms with van der Waals surface area (Å²) in [5.41, 5.74) is 1.81. The predicted molar refractivity (Wildman–Crippen MR) is 70.8 cm³/mol. The summed E-state index contributed by atoms with van der Waals surface area (Å²) in [5, 5.41) is 0. The standard InChI is InChI=1S/C13H15F3.C2H6/c1-9(2)8-12(13(14,15)16)11-6-4-10(3)5-7-11;1-2/h4-7,12H,1,8H2,2-3H3;1-2H3. The smallest absolute Gasteiger partial charge is 0.170 e. The number of hydrogen-bond acceptors (Lipinski definition) is 0. The van der Waals surface area contributed by atoms with Crippen molar-refractivity contribution in [1.29, 1.82) is 0 Å². The van der Waals surface area contributed by atoms with Crippen molar-refractivity contribution < 1.29 is 13.2 Å². The molecular weight excluding hydrogens is 237 g/mol. The van der Waals surface area contributed by atoms with Gasteiger partial charge in [0.1, 0.15) is 0 Å². The van der Waals surface area contributed by atoms with Crippen molar-refractivity contribution in [1.82, 2.24) is 0 Å². The van der Waals surface area contributed by atoms with Crippen LogP contribution in [0, 0.1) is 6.92 Å². The van der Waals surface area contributed by atoms with Crippen molar-refractivity contribution in [2.24, 2.45) is 0 Å². The SMILES string of the molecule is C=C(C)CC(c1ccc(C)cc1)C(F)(F)F.CC. The molecule has 0 N–H and O–H groups in total. The molecule has 0 aliphatic carbocycles. The molecule has 0 nitrogen and oxygen atoms in total. The lowest BCUT2D eigenvalue weighted by Crippen LogP contribution is -2.21. The van der Waals surface area contributed by atoms with Crippen LogP contribution in [-0.2, 0) is 0 Å². The third-order valence-corrected chi connectivity index (χ3v) is 2.43. The fraction of sp³-hybridized carbons (Fsp3) is 0.467. The van der Waals surface area contributed by atoms with E-state index in [2.05, 4.69) is 6.58 Å². The van der Waals surface area contributed by atoms with E-state index in [-0.39, 0.29) is 6.42 Å². The average Bonchev–Trinajstić information content (AvgIpc) is 2.28. The van der Waals surface area contributed by atoms with E-state index in [4.69, 9.17) is 0 Å². The molecule has 1 aromatic carbocycles. The average molecular weight is 258 g/mol. The van der Waals surface area contributed by atoms with Crippen LogP contribution in [0.2, 0.25) is 0 Å². The highest BCUT2D eigenvalue weighted by atomic mass is 19.4. The summed E-state index contributed by atoms with van der Waals surface area (Å²) in [5.74, 6) is -1.44. The van der Waals surface area contributed by atoms with Gasteiger partial charge in [0.05, 0.1) is 5.92 Å². The lowest BCUT2D eigenvalue weighted by molar-refractivity contribution is -0.150. The van der Waals surface area contributed by atoms with E-state index in [1.165, 1.54) is 12.1 Å². The third-order valence-electron chi connectivity index (χ3n) is 2.43. The molecule has 0 bridgehead atoms. The van der Waals surface area contributed by atoms with E-state index >= 15 is 0 Å². The van der Waals surface area contributed by atoms with Gasteiger partial charge in [0.25, 0.3) is 0 Å². The zero-order chi connectivity index (χ0) is 14.3. The number of rotatable bonds is 3. The molecule has 0 amide bonds. The zero-order valence-corrected chi connectivity index (χ0v) is 11.4. The molecule has 0 aromatic heterocycles. The van der Waals surface area contributed by atoms with Crippen LogP contribution in [-0.4, -0.2) is 6.18 Å². The van der Waals surface area contributed by atoms with E-state index < -0.39 is 12.1 Å². The normalized spacial score (nSPS) is 12.4. The molecule has 3 heteroatoms. The first-order valence-corrected chi connectivity index (χ1v) is 6.08. The second kappa shape index (κ2) is 7.24. The Bertz CT molecular complexity index is 360. The Morgan fingerprint density at radius 2 is 1.61 bits per heavy atom. The molecule has 0 spiro atoms. The van der Waals surface area contributed by atoms with Gasteiger partial charge in [-0.3, -0.25) is 0 Å². The summed E-state index contributed by atoms with van der Waals surface area (Å²) >= 11 is 0. The van der Waals surface area contributed by atoms with Crippen molar-refractivity contribution in [2.45, 2.75) is 46.2 Å². The second-order valence-corrected chi connectivity index (χ2v) is 4.17. The quantitative estimate of drug-likeness (QED) is 0.616. The maximum absolute atomic E-state index is 12.8. The molecule has 0 heterocycles. The van der Waals surface area contributed by atoms with Gasteiger partial charge in [-0.2, -0.15) is 13.2 Å². The van der Waals surface area contributed by atoms with E-state index in [1.807, 2.05) is 20.8 Å². The molecule has 0 saturated carbocycles. The Kier molecular flexibility index (Phi) is 6.74. The second-order valence-electron chi connectivity index (χ2n) is 4.17. The minimum Gasteiger partial charge on any atom is -0.170 e. The fourth-order valence-electron chi connectivity index (χ4n) is 1.57. The van der Waals surface area contributed by atoms with Crippen LogP contribution in [0.25, 0.3) is 0 Å². The maximum atomic E-state index is 12.8.